The summed E-state index contributed by atoms with van der Waals surface area (Å²) in [6.07, 6.45) is 6.50. The lowest BCUT2D eigenvalue weighted by Crippen LogP contribution is -2.36. The van der Waals surface area contributed by atoms with Crippen molar-refractivity contribution in [1.29, 1.82) is 0 Å². The summed E-state index contributed by atoms with van der Waals surface area (Å²) in [6, 6.07) is 9.37. The minimum atomic E-state index is 0.425. The van der Waals surface area contributed by atoms with Crippen molar-refractivity contribution in [3.63, 3.8) is 0 Å². The first-order valence-corrected chi connectivity index (χ1v) is 8.21. The highest BCUT2D eigenvalue weighted by Gasteiger charge is 2.35. The minimum Gasteiger partial charge on any atom is -0.493 e. The van der Waals surface area contributed by atoms with Crippen molar-refractivity contribution < 1.29 is 4.74 Å². The first kappa shape index (κ1) is 13.9. The third-order valence-corrected chi connectivity index (χ3v) is 5.32. The molecule has 0 aromatic heterocycles. The number of para-hydroxylation sites is 1. The van der Waals surface area contributed by atoms with Gasteiger partial charge in [-0.2, -0.15) is 0 Å². The van der Waals surface area contributed by atoms with E-state index in [4.69, 9.17) is 4.74 Å². The van der Waals surface area contributed by atoms with Gasteiger partial charge in [0.25, 0.3) is 0 Å². The number of benzene rings is 1. The van der Waals surface area contributed by atoms with Crippen LogP contribution in [-0.2, 0) is 0 Å². The number of nitrogens with one attached hydrogen (secondary N) is 1. The van der Waals surface area contributed by atoms with E-state index in [1.54, 1.807) is 0 Å². The molecule has 0 saturated heterocycles. The SMILES string of the molecule is CCC(CC)(CNC1CC1)CC1COc2ccccc21. The van der Waals surface area contributed by atoms with E-state index in [0.29, 0.717) is 11.3 Å². The van der Waals surface area contributed by atoms with Gasteiger partial charge < -0.3 is 10.1 Å². The smallest absolute Gasteiger partial charge is 0.122 e. The molecule has 0 bridgehead atoms. The summed E-state index contributed by atoms with van der Waals surface area (Å²) in [7, 11) is 0. The van der Waals surface area contributed by atoms with E-state index < -0.39 is 0 Å². The summed E-state index contributed by atoms with van der Waals surface area (Å²) >= 11 is 0. The Bertz CT molecular complexity index is 448. The fourth-order valence-electron chi connectivity index (χ4n) is 3.43. The Hall–Kier alpha value is -1.02. The van der Waals surface area contributed by atoms with Gasteiger partial charge in [0.2, 0.25) is 0 Å². The van der Waals surface area contributed by atoms with Gasteiger partial charge in [-0.1, -0.05) is 32.0 Å². The van der Waals surface area contributed by atoms with Gasteiger partial charge in [-0.05, 0) is 43.6 Å². The molecule has 1 unspecified atom stereocenters. The van der Waals surface area contributed by atoms with E-state index in [1.165, 1.54) is 44.2 Å². The second-order valence-corrected chi connectivity index (χ2v) is 6.61. The fraction of sp³-hybridized carbons (Fsp3) is 0.667. The molecule has 2 heteroatoms. The highest BCUT2D eigenvalue weighted by atomic mass is 16.5. The molecule has 1 fully saturated rings. The Kier molecular flexibility index (Phi) is 4.02. The maximum absolute atomic E-state index is 5.86. The molecule has 3 rings (SSSR count). The summed E-state index contributed by atoms with van der Waals surface area (Å²) in [5.74, 6) is 1.68. The van der Waals surface area contributed by atoms with E-state index in [9.17, 15) is 0 Å². The predicted molar refractivity (Wildman–Crippen MR) is 83.3 cm³/mol. The minimum absolute atomic E-state index is 0.425. The maximum atomic E-state index is 5.86. The first-order valence-electron chi connectivity index (χ1n) is 8.21. The number of rotatable bonds is 7. The van der Waals surface area contributed by atoms with Gasteiger partial charge in [0.15, 0.2) is 0 Å². The lowest BCUT2D eigenvalue weighted by molar-refractivity contribution is 0.194. The number of fused-ring (bicyclic) bond motifs is 1. The highest BCUT2D eigenvalue weighted by molar-refractivity contribution is 5.39. The average molecular weight is 273 g/mol. The van der Waals surface area contributed by atoms with Crippen molar-refractivity contribution in [2.75, 3.05) is 13.2 Å². The zero-order chi connectivity index (χ0) is 14.0. The Morgan fingerprint density at radius 3 is 2.65 bits per heavy atom. The molecule has 1 heterocycles. The van der Waals surface area contributed by atoms with Crippen LogP contribution >= 0.6 is 0 Å². The average Bonchev–Trinajstić information content (AvgIpc) is 3.25. The summed E-state index contributed by atoms with van der Waals surface area (Å²) < 4.78 is 5.86. The monoisotopic (exact) mass is 273 g/mol. The van der Waals surface area contributed by atoms with Crippen molar-refractivity contribution in [3.8, 4) is 5.75 Å². The second-order valence-electron chi connectivity index (χ2n) is 6.61. The van der Waals surface area contributed by atoms with Gasteiger partial charge in [-0.3, -0.25) is 0 Å². The van der Waals surface area contributed by atoms with E-state index in [-0.39, 0.29) is 0 Å². The molecule has 0 amide bonds. The lowest BCUT2D eigenvalue weighted by atomic mass is 9.73. The topological polar surface area (TPSA) is 21.3 Å². The van der Waals surface area contributed by atoms with Gasteiger partial charge in [0.05, 0.1) is 6.61 Å². The Morgan fingerprint density at radius 2 is 1.95 bits per heavy atom. The van der Waals surface area contributed by atoms with Crippen LogP contribution in [0.15, 0.2) is 24.3 Å². The number of hydrogen-bond donors (Lipinski definition) is 1. The Morgan fingerprint density at radius 1 is 1.20 bits per heavy atom. The molecule has 0 radical (unpaired) electrons. The van der Waals surface area contributed by atoms with Crippen LogP contribution in [0.5, 0.6) is 5.75 Å². The summed E-state index contributed by atoms with van der Waals surface area (Å²) in [5.41, 5.74) is 1.85. The molecule has 20 heavy (non-hydrogen) atoms. The second kappa shape index (κ2) is 5.77. The van der Waals surface area contributed by atoms with Gasteiger partial charge in [-0.25, -0.2) is 0 Å². The van der Waals surface area contributed by atoms with Crippen molar-refractivity contribution in [2.45, 2.75) is 57.9 Å². The summed E-state index contributed by atoms with van der Waals surface area (Å²) in [4.78, 5) is 0. The molecule has 2 aliphatic rings. The van der Waals surface area contributed by atoms with Crippen molar-refractivity contribution in [2.24, 2.45) is 5.41 Å². The van der Waals surface area contributed by atoms with Gasteiger partial charge in [-0.15, -0.1) is 0 Å². The van der Waals surface area contributed by atoms with Crippen LogP contribution in [0.2, 0.25) is 0 Å². The molecular formula is C18H27NO. The standard InChI is InChI=1S/C18H27NO/c1-3-18(4-2,13-19-15-9-10-15)11-14-12-20-17-8-6-5-7-16(14)17/h5-8,14-15,19H,3-4,9-13H2,1-2H3. The molecule has 1 aromatic rings. The zero-order valence-electron chi connectivity index (χ0n) is 12.8. The van der Waals surface area contributed by atoms with Crippen LogP contribution in [-0.4, -0.2) is 19.2 Å². The quantitative estimate of drug-likeness (QED) is 0.807. The van der Waals surface area contributed by atoms with Crippen LogP contribution in [0.25, 0.3) is 0 Å². The van der Waals surface area contributed by atoms with E-state index >= 15 is 0 Å². The Balaban J connectivity index is 1.69. The van der Waals surface area contributed by atoms with E-state index in [1.807, 2.05) is 0 Å². The van der Waals surface area contributed by atoms with Crippen molar-refractivity contribution in [3.05, 3.63) is 29.8 Å². The molecule has 1 atom stereocenters. The lowest BCUT2D eigenvalue weighted by Gasteiger charge is -2.34. The first-order chi connectivity index (χ1) is 9.76. The Labute approximate surface area is 122 Å². The van der Waals surface area contributed by atoms with Crippen molar-refractivity contribution >= 4 is 0 Å². The third kappa shape index (κ3) is 2.85. The number of hydrogen-bond acceptors (Lipinski definition) is 2. The largest absolute Gasteiger partial charge is 0.493 e. The molecule has 1 saturated carbocycles. The predicted octanol–water partition coefficient (Wildman–Crippen LogP) is 4.11. The summed E-state index contributed by atoms with van der Waals surface area (Å²) in [5, 5.41) is 3.76. The molecule has 1 aromatic carbocycles. The van der Waals surface area contributed by atoms with Crippen LogP contribution in [0, 0.1) is 5.41 Å². The highest BCUT2D eigenvalue weighted by Crippen LogP contribution is 2.43. The molecular weight excluding hydrogens is 246 g/mol. The van der Waals surface area contributed by atoms with Crippen LogP contribution in [0.3, 0.4) is 0 Å². The molecule has 1 N–H and O–H groups in total. The van der Waals surface area contributed by atoms with E-state index in [2.05, 4.69) is 43.4 Å². The molecule has 0 spiro atoms. The zero-order valence-corrected chi connectivity index (χ0v) is 12.8. The van der Waals surface area contributed by atoms with Crippen LogP contribution < -0.4 is 10.1 Å². The maximum Gasteiger partial charge on any atom is 0.122 e. The third-order valence-electron chi connectivity index (χ3n) is 5.32. The van der Waals surface area contributed by atoms with E-state index in [0.717, 1.165) is 18.4 Å². The molecule has 1 aliphatic heterocycles. The molecule has 1 aliphatic carbocycles. The fourth-order valence-corrected chi connectivity index (χ4v) is 3.43. The normalized spacial score (nSPS) is 21.6. The molecule has 110 valence electrons. The number of ether oxygens (including phenoxy) is 1. The molecule has 2 nitrogen and oxygen atoms in total. The van der Waals surface area contributed by atoms with Crippen molar-refractivity contribution in [1.82, 2.24) is 5.32 Å². The van der Waals surface area contributed by atoms with Gasteiger partial charge in [0, 0.05) is 24.1 Å². The van der Waals surface area contributed by atoms with Crippen LogP contribution in [0.4, 0.5) is 0 Å². The van der Waals surface area contributed by atoms with Crippen LogP contribution in [0.1, 0.15) is 57.4 Å². The van der Waals surface area contributed by atoms with Gasteiger partial charge >= 0.3 is 0 Å². The van der Waals surface area contributed by atoms with Gasteiger partial charge in [0.1, 0.15) is 5.75 Å². The summed E-state index contributed by atoms with van der Waals surface area (Å²) in [6.45, 7) is 6.73.